The average Bonchev–Trinajstić information content (AvgIpc) is 3.46. The van der Waals surface area contributed by atoms with Crippen LogP contribution in [0.5, 0.6) is 0 Å². The van der Waals surface area contributed by atoms with E-state index in [0.29, 0.717) is 17.3 Å². The molecule has 1 unspecified atom stereocenters. The standard InChI is InChI=1S/C24H32N6O2/c1-29(16-19-10-7-15-30(19)22-13-6-14-25-28-22)17-23(31)27-21-12-5-4-11-20(21)24(32)26-18-8-2-3-9-18/h4-6,11-14,18-19H,2-3,7-10,15-17H2,1H3,(H,26,32)(H,27,31). The minimum atomic E-state index is -0.127. The lowest BCUT2D eigenvalue weighted by molar-refractivity contribution is -0.117. The van der Waals surface area contributed by atoms with Gasteiger partial charge in [0.05, 0.1) is 17.8 Å². The number of benzene rings is 1. The van der Waals surface area contributed by atoms with Gasteiger partial charge in [-0.15, -0.1) is 5.10 Å². The molecule has 2 fully saturated rings. The van der Waals surface area contributed by atoms with Crippen molar-refractivity contribution in [3.05, 3.63) is 48.2 Å². The van der Waals surface area contributed by atoms with Crippen molar-refractivity contribution in [2.75, 3.05) is 36.9 Å². The Morgan fingerprint density at radius 1 is 1.09 bits per heavy atom. The quantitative estimate of drug-likeness (QED) is 0.661. The molecule has 0 bridgehead atoms. The summed E-state index contributed by atoms with van der Waals surface area (Å²) in [6.07, 6.45) is 8.21. The summed E-state index contributed by atoms with van der Waals surface area (Å²) >= 11 is 0. The Morgan fingerprint density at radius 2 is 1.91 bits per heavy atom. The summed E-state index contributed by atoms with van der Waals surface area (Å²) in [5, 5.41) is 14.3. The zero-order chi connectivity index (χ0) is 22.3. The fourth-order valence-corrected chi connectivity index (χ4v) is 4.76. The highest BCUT2D eigenvalue weighted by Gasteiger charge is 2.27. The summed E-state index contributed by atoms with van der Waals surface area (Å²) in [5.74, 6) is 0.638. The van der Waals surface area contributed by atoms with Gasteiger partial charge in [0.15, 0.2) is 5.82 Å². The molecule has 170 valence electrons. The molecule has 0 radical (unpaired) electrons. The fourth-order valence-electron chi connectivity index (χ4n) is 4.76. The number of para-hydroxylation sites is 1. The molecule has 1 aliphatic carbocycles. The summed E-state index contributed by atoms with van der Waals surface area (Å²) < 4.78 is 0. The van der Waals surface area contributed by atoms with Crippen LogP contribution in [0.25, 0.3) is 0 Å². The first-order valence-corrected chi connectivity index (χ1v) is 11.5. The van der Waals surface area contributed by atoms with E-state index in [1.165, 1.54) is 0 Å². The third kappa shape index (κ3) is 5.62. The zero-order valence-electron chi connectivity index (χ0n) is 18.7. The Hall–Kier alpha value is -3.00. The monoisotopic (exact) mass is 436 g/mol. The van der Waals surface area contributed by atoms with Gasteiger partial charge in [0.1, 0.15) is 0 Å². The highest BCUT2D eigenvalue weighted by molar-refractivity contribution is 6.04. The summed E-state index contributed by atoms with van der Waals surface area (Å²) in [7, 11) is 1.95. The van der Waals surface area contributed by atoms with E-state index >= 15 is 0 Å². The molecule has 1 aromatic carbocycles. The van der Waals surface area contributed by atoms with E-state index in [-0.39, 0.29) is 24.4 Å². The lowest BCUT2D eigenvalue weighted by Crippen LogP contribution is -2.42. The molecule has 2 amide bonds. The summed E-state index contributed by atoms with van der Waals surface area (Å²) in [5.41, 5.74) is 1.07. The SMILES string of the molecule is CN(CC(=O)Nc1ccccc1C(=O)NC1CCCC1)CC1CCCN1c1cccnn1. The molecule has 4 rings (SSSR count). The molecule has 1 aliphatic heterocycles. The van der Waals surface area contributed by atoms with Crippen LogP contribution in [0.2, 0.25) is 0 Å². The maximum Gasteiger partial charge on any atom is 0.253 e. The third-order valence-corrected chi connectivity index (χ3v) is 6.30. The Bertz CT molecular complexity index is 916. The first-order chi connectivity index (χ1) is 15.6. The molecule has 1 saturated heterocycles. The van der Waals surface area contributed by atoms with Gasteiger partial charge in [-0.25, -0.2) is 0 Å². The molecular formula is C24H32N6O2. The molecule has 1 aromatic heterocycles. The smallest absolute Gasteiger partial charge is 0.253 e. The lowest BCUT2D eigenvalue weighted by Gasteiger charge is -2.29. The number of hydrogen-bond donors (Lipinski definition) is 2. The second kappa shape index (κ2) is 10.5. The van der Waals surface area contributed by atoms with Crippen molar-refractivity contribution in [2.24, 2.45) is 0 Å². The molecule has 1 saturated carbocycles. The maximum atomic E-state index is 12.7. The van der Waals surface area contributed by atoms with Crippen LogP contribution >= 0.6 is 0 Å². The topological polar surface area (TPSA) is 90.5 Å². The third-order valence-electron chi connectivity index (χ3n) is 6.30. The van der Waals surface area contributed by atoms with Gasteiger partial charge in [-0.05, 0) is 57.0 Å². The van der Waals surface area contributed by atoms with Crippen LogP contribution in [0.4, 0.5) is 11.5 Å². The van der Waals surface area contributed by atoms with Gasteiger partial charge in [-0.2, -0.15) is 5.10 Å². The van der Waals surface area contributed by atoms with Crippen LogP contribution in [0.1, 0.15) is 48.9 Å². The normalized spacial score (nSPS) is 18.8. The van der Waals surface area contributed by atoms with Gasteiger partial charge in [0.2, 0.25) is 5.91 Å². The molecule has 8 heteroatoms. The van der Waals surface area contributed by atoms with Crippen molar-refractivity contribution in [3.63, 3.8) is 0 Å². The summed E-state index contributed by atoms with van der Waals surface area (Å²) in [6.45, 7) is 1.96. The number of likely N-dealkylation sites (N-methyl/N-ethyl adjacent to an activating group) is 1. The van der Waals surface area contributed by atoms with E-state index in [1.807, 2.05) is 36.2 Å². The number of anilines is 2. The molecule has 2 aliphatic rings. The first kappa shape index (κ1) is 22.2. The van der Waals surface area contributed by atoms with Gasteiger partial charge >= 0.3 is 0 Å². The molecule has 2 N–H and O–H groups in total. The largest absolute Gasteiger partial charge is 0.351 e. The average molecular weight is 437 g/mol. The van der Waals surface area contributed by atoms with Crippen molar-refractivity contribution in [1.29, 1.82) is 0 Å². The number of carbonyl (C=O) groups is 2. The Labute approximate surface area is 189 Å². The minimum Gasteiger partial charge on any atom is -0.351 e. The number of nitrogens with zero attached hydrogens (tertiary/aromatic N) is 4. The second-order valence-corrected chi connectivity index (χ2v) is 8.82. The summed E-state index contributed by atoms with van der Waals surface area (Å²) in [4.78, 5) is 29.8. The van der Waals surface area contributed by atoms with Crippen molar-refractivity contribution >= 4 is 23.3 Å². The fraction of sp³-hybridized carbons (Fsp3) is 0.500. The van der Waals surface area contributed by atoms with E-state index in [9.17, 15) is 9.59 Å². The van der Waals surface area contributed by atoms with Crippen LogP contribution in [-0.4, -0.2) is 65.7 Å². The van der Waals surface area contributed by atoms with E-state index in [4.69, 9.17) is 0 Å². The van der Waals surface area contributed by atoms with Gasteiger partial charge in [0.25, 0.3) is 5.91 Å². The van der Waals surface area contributed by atoms with Crippen molar-refractivity contribution < 1.29 is 9.59 Å². The van der Waals surface area contributed by atoms with Gasteiger partial charge in [-0.3, -0.25) is 14.5 Å². The number of nitrogens with one attached hydrogen (secondary N) is 2. The van der Waals surface area contributed by atoms with Crippen LogP contribution < -0.4 is 15.5 Å². The molecular weight excluding hydrogens is 404 g/mol. The molecule has 2 heterocycles. The lowest BCUT2D eigenvalue weighted by atomic mass is 10.1. The molecule has 8 nitrogen and oxygen atoms in total. The summed E-state index contributed by atoms with van der Waals surface area (Å²) in [6, 6.07) is 11.6. The highest BCUT2D eigenvalue weighted by atomic mass is 16.2. The zero-order valence-corrected chi connectivity index (χ0v) is 18.7. The van der Waals surface area contributed by atoms with Crippen LogP contribution in [0.3, 0.4) is 0 Å². The molecule has 1 atom stereocenters. The number of amides is 2. The van der Waals surface area contributed by atoms with E-state index in [0.717, 1.165) is 57.4 Å². The van der Waals surface area contributed by atoms with Crippen molar-refractivity contribution in [3.8, 4) is 0 Å². The van der Waals surface area contributed by atoms with Crippen molar-refractivity contribution in [2.45, 2.75) is 50.6 Å². The molecule has 2 aromatic rings. The van der Waals surface area contributed by atoms with Gasteiger partial charge < -0.3 is 15.5 Å². The van der Waals surface area contributed by atoms with E-state index < -0.39 is 0 Å². The number of carbonyl (C=O) groups excluding carboxylic acids is 2. The maximum absolute atomic E-state index is 12.7. The van der Waals surface area contributed by atoms with E-state index in [1.54, 1.807) is 18.3 Å². The number of aromatic nitrogens is 2. The minimum absolute atomic E-state index is 0.119. The van der Waals surface area contributed by atoms with Gasteiger partial charge in [0, 0.05) is 31.4 Å². The predicted molar refractivity (Wildman–Crippen MR) is 125 cm³/mol. The Morgan fingerprint density at radius 3 is 2.69 bits per heavy atom. The first-order valence-electron chi connectivity index (χ1n) is 11.5. The van der Waals surface area contributed by atoms with E-state index in [2.05, 4.69) is 25.7 Å². The number of rotatable bonds is 8. The van der Waals surface area contributed by atoms with Crippen LogP contribution in [-0.2, 0) is 4.79 Å². The molecule has 0 spiro atoms. The highest BCUT2D eigenvalue weighted by Crippen LogP contribution is 2.24. The second-order valence-electron chi connectivity index (χ2n) is 8.82. The van der Waals surface area contributed by atoms with Crippen molar-refractivity contribution in [1.82, 2.24) is 20.4 Å². The Balaban J connectivity index is 1.32. The molecule has 32 heavy (non-hydrogen) atoms. The van der Waals surface area contributed by atoms with Crippen LogP contribution in [0.15, 0.2) is 42.6 Å². The number of hydrogen-bond acceptors (Lipinski definition) is 6. The predicted octanol–water partition coefficient (Wildman–Crippen LogP) is 2.69. The Kier molecular flexibility index (Phi) is 7.32. The van der Waals surface area contributed by atoms with Crippen LogP contribution in [0, 0.1) is 0 Å². The van der Waals surface area contributed by atoms with Gasteiger partial charge in [-0.1, -0.05) is 25.0 Å².